The Hall–Kier alpha value is -0.800. The zero-order chi connectivity index (χ0) is 12.3. The van der Waals surface area contributed by atoms with Crippen molar-refractivity contribution in [3.63, 3.8) is 0 Å². The Kier molecular flexibility index (Phi) is 3.89. The summed E-state index contributed by atoms with van der Waals surface area (Å²) in [5.74, 6) is 0. The number of hydrogen-bond donors (Lipinski definition) is 1. The first-order valence-corrected chi connectivity index (χ1v) is 6.65. The van der Waals surface area contributed by atoms with Gasteiger partial charge in [-0.1, -0.05) is 12.8 Å². The van der Waals surface area contributed by atoms with Crippen LogP contribution in [0.3, 0.4) is 0 Å². The first-order valence-electron chi connectivity index (χ1n) is 6.65. The highest BCUT2D eigenvalue weighted by Crippen LogP contribution is 2.31. The molecule has 1 aromatic heterocycles. The summed E-state index contributed by atoms with van der Waals surface area (Å²) in [5.41, 5.74) is 7.49. The molecule has 1 unspecified atom stereocenters. The third kappa shape index (κ3) is 2.72. The third-order valence-electron chi connectivity index (χ3n) is 4.08. The molecule has 2 heterocycles. The van der Waals surface area contributed by atoms with Gasteiger partial charge in [0.15, 0.2) is 0 Å². The lowest BCUT2D eigenvalue weighted by Crippen LogP contribution is -2.51. The monoisotopic (exact) mass is 236 g/mol. The lowest BCUT2D eigenvalue weighted by Gasteiger charge is -2.42. The van der Waals surface area contributed by atoms with Gasteiger partial charge in [0.05, 0.1) is 18.6 Å². The van der Waals surface area contributed by atoms with Gasteiger partial charge >= 0.3 is 0 Å². The lowest BCUT2D eigenvalue weighted by atomic mass is 9.88. The molecule has 96 valence electrons. The highest BCUT2D eigenvalue weighted by atomic mass is 16.3. The first-order chi connectivity index (χ1) is 8.12. The normalized spacial score (nSPS) is 21.1. The number of rotatable bonds is 3. The summed E-state index contributed by atoms with van der Waals surface area (Å²) in [6.45, 7) is 6.82. The lowest BCUT2D eigenvalue weighted by molar-refractivity contribution is 0.0978. The first kappa shape index (κ1) is 12.7. The number of furan rings is 1. The Labute approximate surface area is 104 Å². The molecule has 0 bridgehead atoms. The fourth-order valence-corrected chi connectivity index (χ4v) is 2.70. The van der Waals surface area contributed by atoms with E-state index in [4.69, 9.17) is 10.2 Å². The second-order valence-corrected chi connectivity index (χ2v) is 5.59. The zero-order valence-corrected chi connectivity index (χ0v) is 11.0. The molecular formula is C14H24N2O. The van der Waals surface area contributed by atoms with Crippen LogP contribution in [0.1, 0.15) is 51.1 Å². The minimum Gasteiger partial charge on any atom is -0.472 e. The number of nitrogens with zero attached hydrogens (tertiary/aromatic N) is 1. The van der Waals surface area contributed by atoms with Crippen LogP contribution in [-0.2, 0) is 0 Å². The molecule has 0 aromatic carbocycles. The van der Waals surface area contributed by atoms with E-state index < -0.39 is 0 Å². The predicted octanol–water partition coefficient (Wildman–Crippen LogP) is 2.93. The average Bonchev–Trinajstić information content (AvgIpc) is 2.69. The molecule has 0 aliphatic carbocycles. The molecule has 17 heavy (non-hydrogen) atoms. The maximum atomic E-state index is 6.40. The second kappa shape index (κ2) is 5.23. The molecule has 1 aromatic rings. The SMILES string of the molecule is CC(C)(C(N)c1ccoc1)N1CCCCCC1. The largest absolute Gasteiger partial charge is 0.472 e. The average molecular weight is 236 g/mol. The minimum absolute atomic E-state index is 0.00574. The molecule has 0 amide bonds. The van der Waals surface area contributed by atoms with E-state index in [1.54, 1.807) is 12.5 Å². The highest BCUT2D eigenvalue weighted by Gasteiger charge is 2.34. The molecule has 3 heteroatoms. The van der Waals surface area contributed by atoms with Gasteiger partial charge in [-0.05, 0) is 45.8 Å². The quantitative estimate of drug-likeness (QED) is 0.877. The van der Waals surface area contributed by atoms with E-state index in [1.807, 2.05) is 6.07 Å². The Balaban J connectivity index is 2.10. The van der Waals surface area contributed by atoms with Gasteiger partial charge in [0, 0.05) is 11.1 Å². The molecule has 2 N–H and O–H groups in total. The van der Waals surface area contributed by atoms with Crippen LogP contribution in [0.2, 0.25) is 0 Å². The van der Waals surface area contributed by atoms with E-state index in [0.717, 1.165) is 5.56 Å². The summed E-state index contributed by atoms with van der Waals surface area (Å²) in [5, 5.41) is 0. The van der Waals surface area contributed by atoms with Gasteiger partial charge in [0.1, 0.15) is 0 Å². The van der Waals surface area contributed by atoms with E-state index in [1.165, 1.54) is 38.8 Å². The van der Waals surface area contributed by atoms with E-state index in [9.17, 15) is 0 Å². The minimum atomic E-state index is -0.00574. The maximum absolute atomic E-state index is 6.40. The van der Waals surface area contributed by atoms with Gasteiger partial charge in [-0.2, -0.15) is 0 Å². The number of nitrogens with two attached hydrogens (primary N) is 1. The highest BCUT2D eigenvalue weighted by molar-refractivity contribution is 5.16. The Morgan fingerprint density at radius 1 is 1.24 bits per heavy atom. The summed E-state index contributed by atoms with van der Waals surface area (Å²) in [6, 6.07) is 1.99. The molecule has 0 saturated carbocycles. The van der Waals surface area contributed by atoms with Crippen molar-refractivity contribution < 1.29 is 4.42 Å². The van der Waals surface area contributed by atoms with E-state index in [0.29, 0.717) is 0 Å². The van der Waals surface area contributed by atoms with Crippen LogP contribution in [-0.4, -0.2) is 23.5 Å². The van der Waals surface area contributed by atoms with Gasteiger partial charge in [-0.15, -0.1) is 0 Å². The van der Waals surface area contributed by atoms with Gasteiger partial charge in [0.2, 0.25) is 0 Å². The number of hydrogen-bond acceptors (Lipinski definition) is 3. The van der Waals surface area contributed by atoms with Crippen LogP contribution in [0.4, 0.5) is 0 Å². The van der Waals surface area contributed by atoms with E-state index in [-0.39, 0.29) is 11.6 Å². The summed E-state index contributed by atoms with van der Waals surface area (Å²) in [6.07, 6.45) is 8.77. The van der Waals surface area contributed by atoms with Crippen LogP contribution in [0.15, 0.2) is 23.0 Å². The molecule has 2 rings (SSSR count). The van der Waals surface area contributed by atoms with Crippen molar-refractivity contribution in [2.24, 2.45) is 5.73 Å². The van der Waals surface area contributed by atoms with Crippen LogP contribution in [0.5, 0.6) is 0 Å². The van der Waals surface area contributed by atoms with Crippen molar-refractivity contribution >= 4 is 0 Å². The van der Waals surface area contributed by atoms with Crippen LogP contribution in [0, 0.1) is 0 Å². The fourth-order valence-electron chi connectivity index (χ4n) is 2.70. The molecule has 0 spiro atoms. The molecule has 1 fully saturated rings. The Bertz CT molecular complexity index is 324. The molecule has 3 nitrogen and oxygen atoms in total. The van der Waals surface area contributed by atoms with Crippen molar-refractivity contribution in [1.82, 2.24) is 4.90 Å². The third-order valence-corrected chi connectivity index (χ3v) is 4.08. The van der Waals surface area contributed by atoms with Crippen molar-refractivity contribution in [2.45, 2.75) is 51.1 Å². The van der Waals surface area contributed by atoms with E-state index in [2.05, 4.69) is 18.7 Å². The Morgan fingerprint density at radius 2 is 1.88 bits per heavy atom. The molecule has 1 atom stereocenters. The molecule has 1 saturated heterocycles. The summed E-state index contributed by atoms with van der Waals surface area (Å²) < 4.78 is 5.14. The molecule has 1 aliphatic rings. The zero-order valence-electron chi connectivity index (χ0n) is 11.0. The van der Waals surface area contributed by atoms with Crippen LogP contribution < -0.4 is 5.73 Å². The summed E-state index contributed by atoms with van der Waals surface area (Å²) >= 11 is 0. The van der Waals surface area contributed by atoms with E-state index >= 15 is 0 Å². The van der Waals surface area contributed by atoms with Gasteiger partial charge in [-0.3, -0.25) is 4.90 Å². The van der Waals surface area contributed by atoms with Crippen LogP contribution in [0.25, 0.3) is 0 Å². The predicted molar refractivity (Wildman–Crippen MR) is 69.8 cm³/mol. The van der Waals surface area contributed by atoms with Crippen molar-refractivity contribution in [3.05, 3.63) is 24.2 Å². The Morgan fingerprint density at radius 3 is 2.41 bits per heavy atom. The van der Waals surface area contributed by atoms with Gasteiger partial charge < -0.3 is 10.2 Å². The fraction of sp³-hybridized carbons (Fsp3) is 0.714. The number of likely N-dealkylation sites (tertiary alicyclic amines) is 1. The van der Waals surface area contributed by atoms with Gasteiger partial charge in [0.25, 0.3) is 0 Å². The standard InChI is InChI=1S/C14H24N2O/c1-14(2,13(15)12-7-10-17-11-12)16-8-5-3-4-6-9-16/h7,10-11,13H,3-6,8-9,15H2,1-2H3. The van der Waals surface area contributed by atoms with Crippen molar-refractivity contribution in [3.8, 4) is 0 Å². The smallest absolute Gasteiger partial charge is 0.0951 e. The molecule has 1 aliphatic heterocycles. The maximum Gasteiger partial charge on any atom is 0.0951 e. The summed E-state index contributed by atoms with van der Waals surface area (Å²) in [7, 11) is 0. The van der Waals surface area contributed by atoms with Crippen molar-refractivity contribution in [2.75, 3.05) is 13.1 Å². The van der Waals surface area contributed by atoms with Gasteiger partial charge in [-0.25, -0.2) is 0 Å². The molecule has 0 radical (unpaired) electrons. The second-order valence-electron chi connectivity index (χ2n) is 5.59. The topological polar surface area (TPSA) is 42.4 Å². The van der Waals surface area contributed by atoms with Crippen molar-refractivity contribution in [1.29, 1.82) is 0 Å². The van der Waals surface area contributed by atoms with Crippen LogP contribution >= 0.6 is 0 Å². The molecular weight excluding hydrogens is 212 g/mol. The summed E-state index contributed by atoms with van der Waals surface area (Å²) in [4.78, 5) is 2.54.